The maximum atomic E-state index is 12.6. The average molecular weight is 374 g/mol. The summed E-state index contributed by atoms with van der Waals surface area (Å²) in [6.45, 7) is 13.0. The van der Waals surface area contributed by atoms with Gasteiger partial charge in [-0.2, -0.15) is 0 Å². The molecule has 1 aromatic carbocycles. The summed E-state index contributed by atoms with van der Waals surface area (Å²) in [6, 6.07) is 7.10. The van der Waals surface area contributed by atoms with Crippen LogP contribution in [-0.2, 0) is 10.2 Å². The second-order valence-corrected chi connectivity index (χ2v) is 8.98. The van der Waals surface area contributed by atoms with Crippen molar-refractivity contribution < 1.29 is 9.59 Å². The Bertz CT molecular complexity index is 626. The van der Waals surface area contributed by atoms with E-state index in [2.05, 4.69) is 36.7 Å². The summed E-state index contributed by atoms with van der Waals surface area (Å²) in [7, 11) is 0. The van der Waals surface area contributed by atoms with Crippen LogP contribution in [0.5, 0.6) is 0 Å². The number of benzene rings is 1. The maximum Gasteiger partial charge on any atom is 0.251 e. The van der Waals surface area contributed by atoms with Crippen molar-refractivity contribution in [2.45, 2.75) is 58.9 Å². The lowest BCUT2D eigenvalue weighted by molar-refractivity contribution is -0.124. The van der Waals surface area contributed by atoms with E-state index in [1.54, 1.807) is 0 Å². The van der Waals surface area contributed by atoms with Gasteiger partial charge in [0.2, 0.25) is 5.91 Å². The Kier molecular flexibility index (Phi) is 7.42. The van der Waals surface area contributed by atoms with Crippen LogP contribution in [-0.4, -0.2) is 37.5 Å². The van der Waals surface area contributed by atoms with Crippen molar-refractivity contribution in [3.05, 3.63) is 35.4 Å². The van der Waals surface area contributed by atoms with E-state index in [4.69, 9.17) is 0 Å². The highest BCUT2D eigenvalue weighted by atomic mass is 16.2. The minimum Gasteiger partial charge on any atom is -0.354 e. The fraction of sp³-hybridized carbons (Fsp3) is 0.636. The van der Waals surface area contributed by atoms with Crippen LogP contribution in [0.4, 0.5) is 0 Å². The Morgan fingerprint density at radius 1 is 1.19 bits per heavy atom. The Balaban J connectivity index is 1.95. The van der Waals surface area contributed by atoms with Gasteiger partial charge in [-0.25, -0.2) is 0 Å². The number of amides is 2. The van der Waals surface area contributed by atoms with Crippen LogP contribution < -0.4 is 16.0 Å². The highest BCUT2D eigenvalue weighted by molar-refractivity contribution is 5.97. The van der Waals surface area contributed by atoms with Crippen molar-refractivity contribution in [3.63, 3.8) is 0 Å². The van der Waals surface area contributed by atoms with Crippen molar-refractivity contribution in [1.82, 2.24) is 16.0 Å². The van der Waals surface area contributed by atoms with Crippen LogP contribution >= 0.6 is 0 Å². The summed E-state index contributed by atoms with van der Waals surface area (Å²) in [5.41, 5.74) is 1.81. The quantitative estimate of drug-likeness (QED) is 0.718. The molecule has 27 heavy (non-hydrogen) atoms. The fourth-order valence-electron chi connectivity index (χ4n) is 3.33. The zero-order chi connectivity index (χ0) is 20.0. The van der Waals surface area contributed by atoms with Gasteiger partial charge in [-0.15, -0.1) is 0 Å². The number of carbonyl (C=O) groups is 2. The average Bonchev–Trinajstić information content (AvgIpc) is 2.64. The summed E-state index contributed by atoms with van der Waals surface area (Å²) in [5.74, 6) is 0.183. The van der Waals surface area contributed by atoms with E-state index >= 15 is 0 Å². The van der Waals surface area contributed by atoms with Crippen LogP contribution in [0, 0.1) is 11.8 Å². The minimum atomic E-state index is -0.531. The molecule has 2 rings (SSSR count). The molecule has 150 valence electrons. The van der Waals surface area contributed by atoms with Crippen molar-refractivity contribution >= 4 is 11.8 Å². The molecule has 1 aliphatic heterocycles. The molecule has 1 aromatic rings. The van der Waals surface area contributed by atoms with Gasteiger partial charge in [0.1, 0.15) is 6.04 Å². The van der Waals surface area contributed by atoms with Gasteiger partial charge in [0, 0.05) is 12.1 Å². The first-order chi connectivity index (χ1) is 12.7. The molecule has 5 nitrogen and oxygen atoms in total. The molecule has 2 amide bonds. The van der Waals surface area contributed by atoms with Gasteiger partial charge in [0.05, 0.1) is 0 Å². The van der Waals surface area contributed by atoms with E-state index in [-0.39, 0.29) is 23.1 Å². The minimum absolute atomic E-state index is 0.0206. The predicted molar refractivity (Wildman–Crippen MR) is 110 cm³/mol. The number of hydrogen-bond acceptors (Lipinski definition) is 3. The van der Waals surface area contributed by atoms with Gasteiger partial charge in [0.15, 0.2) is 0 Å². The molecule has 5 heteroatoms. The van der Waals surface area contributed by atoms with Crippen LogP contribution in [0.3, 0.4) is 0 Å². The number of rotatable bonds is 6. The Morgan fingerprint density at radius 2 is 1.85 bits per heavy atom. The molecule has 0 bridgehead atoms. The Labute approximate surface area is 163 Å². The van der Waals surface area contributed by atoms with Crippen LogP contribution in [0.1, 0.15) is 63.4 Å². The van der Waals surface area contributed by atoms with Crippen molar-refractivity contribution in [3.8, 4) is 0 Å². The smallest absolute Gasteiger partial charge is 0.251 e. The summed E-state index contributed by atoms with van der Waals surface area (Å²) < 4.78 is 0. The lowest BCUT2D eigenvalue weighted by atomic mass is 9.86. The Hall–Kier alpha value is -1.88. The molecule has 1 fully saturated rings. The Morgan fingerprint density at radius 3 is 2.37 bits per heavy atom. The monoisotopic (exact) mass is 373 g/mol. The van der Waals surface area contributed by atoms with Gasteiger partial charge < -0.3 is 16.0 Å². The van der Waals surface area contributed by atoms with Gasteiger partial charge in [-0.3, -0.25) is 9.59 Å². The second-order valence-electron chi connectivity index (χ2n) is 8.98. The van der Waals surface area contributed by atoms with Crippen LogP contribution in [0.15, 0.2) is 24.3 Å². The van der Waals surface area contributed by atoms with E-state index in [1.807, 2.05) is 38.1 Å². The molecular weight excluding hydrogens is 338 g/mol. The second kappa shape index (κ2) is 9.36. The van der Waals surface area contributed by atoms with Gasteiger partial charge in [-0.05, 0) is 60.9 Å². The molecule has 0 aromatic heterocycles. The highest BCUT2D eigenvalue weighted by Gasteiger charge is 2.25. The van der Waals surface area contributed by atoms with E-state index in [0.29, 0.717) is 18.0 Å². The maximum absolute atomic E-state index is 12.6. The molecule has 1 heterocycles. The molecule has 0 spiro atoms. The van der Waals surface area contributed by atoms with Gasteiger partial charge in [0.25, 0.3) is 5.91 Å². The zero-order valence-corrected chi connectivity index (χ0v) is 17.4. The summed E-state index contributed by atoms with van der Waals surface area (Å²) in [4.78, 5) is 25.3. The van der Waals surface area contributed by atoms with Crippen LogP contribution in [0.2, 0.25) is 0 Å². The predicted octanol–water partition coefficient (Wildman–Crippen LogP) is 2.85. The lowest BCUT2D eigenvalue weighted by Crippen LogP contribution is -2.51. The largest absolute Gasteiger partial charge is 0.354 e. The summed E-state index contributed by atoms with van der Waals surface area (Å²) in [6.07, 6.45) is 2.28. The van der Waals surface area contributed by atoms with E-state index in [9.17, 15) is 9.59 Å². The first kappa shape index (κ1) is 21.4. The standard InChI is InChI=1S/C22H35N3O2/c1-15(2)19(21(27)24-14-16-7-6-12-23-13-16)25-20(26)17-8-10-18(11-9-17)22(3,4)5/h8-11,15-16,19,23H,6-7,12-14H2,1-5H3,(H,24,27)(H,25,26). The van der Waals surface area contributed by atoms with E-state index in [0.717, 1.165) is 25.9 Å². The first-order valence-electron chi connectivity index (χ1n) is 10.1. The number of nitrogens with one attached hydrogen (secondary N) is 3. The molecular formula is C22H35N3O2. The van der Waals surface area contributed by atoms with Crippen LogP contribution in [0.25, 0.3) is 0 Å². The molecule has 0 saturated carbocycles. The SMILES string of the molecule is CC(C)C(NC(=O)c1ccc(C(C)(C)C)cc1)C(=O)NCC1CCCNC1. The third kappa shape index (κ3) is 6.35. The lowest BCUT2D eigenvalue weighted by Gasteiger charge is -2.26. The zero-order valence-electron chi connectivity index (χ0n) is 17.4. The van der Waals surface area contributed by atoms with Gasteiger partial charge >= 0.3 is 0 Å². The molecule has 0 radical (unpaired) electrons. The van der Waals surface area contributed by atoms with E-state index in [1.165, 1.54) is 5.56 Å². The van der Waals surface area contributed by atoms with Crippen molar-refractivity contribution in [1.29, 1.82) is 0 Å². The molecule has 0 aliphatic carbocycles. The normalized spacial score (nSPS) is 18.8. The third-order valence-electron chi connectivity index (χ3n) is 5.21. The summed E-state index contributed by atoms with van der Waals surface area (Å²) >= 11 is 0. The number of carbonyl (C=O) groups excluding carboxylic acids is 2. The molecule has 3 N–H and O–H groups in total. The number of hydrogen-bond donors (Lipinski definition) is 3. The summed E-state index contributed by atoms with van der Waals surface area (Å²) in [5, 5.41) is 9.30. The third-order valence-corrected chi connectivity index (χ3v) is 5.21. The first-order valence-corrected chi connectivity index (χ1v) is 10.1. The van der Waals surface area contributed by atoms with Crippen molar-refractivity contribution in [2.24, 2.45) is 11.8 Å². The topological polar surface area (TPSA) is 70.2 Å². The highest BCUT2D eigenvalue weighted by Crippen LogP contribution is 2.22. The molecule has 1 aliphatic rings. The number of piperidine rings is 1. The molecule has 2 unspecified atom stereocenters. The van der Waals surface area contributed by atoms with Gasteiger partial charge in [-0.1, -0.05) is 46.8 Å². The molecule has 1 saturated heterocycles. The fourth-order valence-corrected chi connectivity index (χ4v) is 3.33. The van der Waals surface area contributed by atoms with Crippen molar-refractivity contribution in [2.75, 3.05) is 19.6 Å². The van der Waals surface area contributed by atoms with E-state index < -0.39 is 6.04 Å². The molecule has 2 atom stereocenters.